The van der Waals surface area contributed by atoms with Crippen molar-refractivity contribution in [3.8, 4) is 11.5 Å². The van der Waals surface area contributed by atoms with Crippen molar-refractivity contribution >= 4 is 21.7 Å². The second-order valence-electron chi connectivity index (χ2n) is 6.15. The Hall–Kier alpha value is -3.52. The molecule has 29 heavy (non-hydrogen) atoms. The Labute approximate surface area is 168 Å². The van der Waals surface area contributed by atoms with E-state index in [4.69, 9.17) is 4.74 Å². The number of carboxylic acid groups (broad SMARTS) is 1. The molecule has 0 radical (unpaired) electrons. The lowest BCUT2D eigenvalue weighted by Gasteiger charge is -2.26. The zero-order valence-corrected chi connectivity index (χ0v) is 16.3. The van der Waals surface area contributed by atoms with Gasteiger partial charge in [-0.2, -0.15) is 0 Å². The number of nitrogens with zero attached hydrogens (tertiary/aromatic N) is 1. The number of benzene rings is 3. The maximum atomic E-state index is 13.4. The first-order chi connectivity index (χ1) is 13.8. The topological polar surface area (TPSA) is 104 Å². The highest BCUT2D eigenvalue weighted by molar-refractivity contribution is 7.92. The molecule has 0 atom stereocenters. The molecule has 0 saturated carbocycles. The van der Waals surface area contributed by atoms with Crippen LogP contribution in [0.3, 0.4) is 0 Å². The first-order valence-corrected chi connectivity index (χ1v) is 10.0. The molecule has 0 aliphatic rings. The molecule has 0 aliphatic carbocycles. The van der Waals surface area contributed by atoms with Crippen LogP contribution >= 0.6 is 0 Å². The van der Waals surface area contributed by atoms with Gasteiger partial charge in [0.1, 0.15) is 17.2 Å². The Balaban J connectivity index is 2.20. The average Bonchev–Trinajstić information content (AvgIpc) is 2.73. The predicted molar refractivity (Wildman–Crippen MR) is 108 cm³/mol. The lowest BCUT2D eigenvalue weighted by atomic mass is 10.1. The van der Waals surface area contributed by atoms with Gasteiger partial charge in [0.2, 0.25) is 0 Å². The molecule has 0 amide bonds. The summed E-state index contributed by atoms with van der Waals surface area (Å²) in [5.74, 6) is -1.32. The zero-order valence-electron chi connectivity index (χ0n) is 15.5. The van der Waals surface area contributed by atoms with Gasteiger partial charge in [0.15, 0.2) is 0 Å². The van der Waals surface area contributed by atoms with Crippen LogP contribution in [-0.2, 0) is 16.6 Å². The molecule has 0 spiro atoms. The van der Waals surface area contributed by atoms with Gasteiger partial charge in [-0.15, -0.1) is 0 Å². The summed E-state index contributed by atoms with van der Waals surface area (Å²) >= 11 is 0. The molecular weight excluding hydrogens is 394 g/mol. The van der Waals surface area contributed by atoms with Gasteiger partial charge >= 0.3 is 5.97 Å². The van der Waals surface area contributed by atoms with Crippen LogP contribution in [0.5, 0.6) is 11.5 Å². The number of aromatic hydroxyl groups is 1. The first-order valence-electron chi connectivity index (χ1n) is 8.60. The van der Waals surface area contributed by atoms with Gasteiger partial charge < -0.3 is 14.9 Å². The highest BCUT2D eigenvalue weighted by atomic mass is 32.2. The van der Waals surface area contributed by atoms with E-state index in [0.29, 0.717) is 11.3 Å². The van der Waals surface area contributed by atoms with E-state index in [9.17, 15) is 23.4 Å². The fourth-order valence-corrected chi connectivity index (χ4v) is 4.36. The molecule has 8 heteroatoms. The van der Waals surface area contributed by atoms with Gasteiger partial charge in [-0.25, -0.2) is 13.2 Å². The fourth-order valence-electron chi connectivity index (χ4n) is 2.87. The molecule has 0 unspecified atom stereocenters. The molecule has 0 bridgehead atoms. The van der Waals surface area contributed by atoms with Crippen LogP contribution in [-0.4, -0.2) is 31.7 Å². The maximum Gasteiger partial charge on any atom is 0.337 e. The minimum atomic E-state index is -4.20. The second-order valence-corrected chi connectivity index (χ2v) is 8.01. The van der Waals surface area contributed by atoms with Gasteiger partial charge in [0.25, 0.3) is 10.0 Å². The summed E-state index contributed by atoms with van der Waals surface area (Å²) in [5, 5.41) is 20.0. The zero-order chi connectivity index (χ0) is 21.0. The van der Waals surface area contributed by atoms with Crippen molar-refractivity contribution in [3.05, 3.63) is 83.9 Å². The molecule has 3 aromatic carbocycles. The van der Waals surface area contributed by atoms with Crippen LogP contribution in [0.4, 0.5) is 5.69 Å². The van der Waals surface area contributed by atoms with Crippen LogP contribution in [0, 0.1) is 0 Å². The second kappa shape index (κ2) is 8.24. The number of aromatic carboxylic acids is 1. The standard InChI is InChI=1S/C21H19NO6S/c1-28-16-10-12-17(13-11-16)29(26,27)22(14-15-6-3-2-4-7-15)20-18(21(24)25)8-5-9-19(20)23/h2-13,23H,14H2,1H3,(H,24,25). The van der Waals surface area contributed by atoms with E-state index in [-0.39, 0.29) is 22.7 Å². The normalized spacial score (nSPS) is 11.1. The van der Waals surface area contributed by atoms with E-state index in [1.807, 2.05) is 0 Å². The summed E-state index contributed by atoms with van der Waals surface area (Å²) in [7, 11) is -2.74. The number of hydrogen-bond acceptors (Lipinski definition) is 5. The summed E-state index contributed by atoms with van der Waals surface area (Å²) < 4.78 is 32.9. The van der Waals surface area contributed by atoms with Gasteiger partial charge in [-0.05, 0) is 42.0 Å². The number of ether oxygens (including phenoxy) is 1. The van der Waals surface area contributed by atoms with Crippen molar-refractivity contribution in [2.24, 2.45) is 0 Å². The lowest BCUT2D eigenvalue weighted by molar-refractivity contribution is 0.0697. The van der Waals surface area contributed by atoms with Crippen molar-refractivity contribution in [3.63, 3.8) is 0 Å². The van der Waals surface area contributed by atoms with Crippen LogP contribution in [0.1, 0.15) is 15.9 Å². The molecule has 0 aromatic heterocycles. The number of carboxylic acids is 1. The molecule has 3 aromatic rings. The van der Waals surface area contributed by atoms with Crippen LogP contribution in [0.2, 0.25) is 0 Å². The number of sulfonamides is 1. The molecule has 7 nitrogen and oxygen atoms in total. The molecular formula is C21H19NO6S. The number of phenolic OH excluding ortho intramolecular Hbond substituents is 1. The SMILES string of the molecule is COc1ccc(S(=O)(=O)N(Cc2ccccc2)c2c(O)cccc2C(=O)O)cc1. The van der Waals surface area contributed by atoms with Gasteiger partial charge in [-0.3, -0.25) is 4.31 Å². The van der Waals surface area contributed by atoms with Crippen LogP contribution in [0.15, 0.2) is 77.7 Å². The third kappa shape index (κ3) is 4.17. The Kier molecular flexibility index (Phi) is 5.74. The van der Waals surface area contributed by atoms with Crippen molar-refractivity contribution in [2.45, 2.75) is 11.4 Å². The first kappa shape index (κ1) is 20.2. The summed E-state index contributed by atoms with van der Waals surface area (Å²) in [6.07, 6.45) is 0. The number of phenols is 1. The monoisotopic (exact) mass is 413 g/mol. The van der Waals surface area contributed by atoms with E-state index < -0.39 is 21.7 Å². The molecule has 150 valence electrons. The van der Waals surface area contributed by atoms with E-state index in [2.05, 4.69) is 0 Å². The summed E-state index contributed by atoms with van der Waals surface area (Å²) in [4.78, 5) is 11.7. The Morgan fingerprint density at radius 3 is 2.21 bits per heavy atom. The summed E-state index contributed by atoms with van der Waals surface area (Å²) in [5.41, 5.74) is 0.0156. The lowest BCUT2D eigenvalue weighted by Crippen LogP contribution is -2.32. The van der Waals surface area contributed by atoms with Crippen molar-refractivity contribution in [1.82, 2.24) is 0 Å². The van der Waals surface area contributed by atoms with Crippen molar-refractivity contribution < 1.29 is 28.2 Å². The van der Waals surface area contributed by atoms with E-state index >= 15 is 0 Å². The summed E-state index contributed by atoms with van der Waals surface area (Å²) in [6, 6.07) is 18.3. The number of rotatable bonds is 7. The number of anilines is 1. The van der Waals surface area contributed by atoms with E-state index in [1.165, 1.54) is 49.6 Å². The molecule has 0 heterocycles. The molecule has 0 fully saturated rings. The number of methoxy groups -OCH3 is 1. The smallest absolute Gasteiger partial charge is 0.337 e. The maximum absolute atomic E-state index is 13.4. The van der Waals surface area contributed by atoms with E-state index in [1.54, 1.807) is 30.3 Å². The minimum absolute atomic E-state index is 0.0613. The number of carbonyl (C=O) groups is 1. The molecule has 0 aliphatic heterocycles. The van der Waals surface area contributed by atoms with Gasteiger partial charge in [-0.1, -0.05) is 36.4 Å². The third-order valence-electron chi connectivity index (χ3n) is 4.31. The largest absolute Gasteiger partial charge is 0.506 e. The third-order valence-corrected chi connectivity index (χ3v) is 6.07. The highest BCUT2D eigenvalue weighted by Crippen LogP contribution is 2.36. The molecule has 2 N–H and O–H groups in total. The molecule has 3 rings (SSSR count). The van der Waals surface area contributed by atoms with Crippen LogP contribution < -0.4 is 9.04 Å². The quantitative estimate of drug-likeness (QED) is 0.614. The predicted octanol–water partition coefficient (Wildman–Crippen LogP) is 3.49. The van der Waals surface area contributed by atoms with Crippen molar-refractivity contribution in [1.29, 1.82) is 0 Å². The fraction of sp³-hybridized carbons (Fsp3) is 0.0952. The minimum Gasteiger partial charge on any atom is -0.506 e. The van der Waals surface area contributed by atoms with Crippen molar-refractivity contribution in [2.75, 3.05) is 11.4 Å². The van der Waals surface area contributed by atoms with Crippen LogP contribution in [0.25, 0.3) is 0 Å². The number of hydrogen-bond donors (Lipinski definition) is 2. The Morgan fingerprint density at radius 2 is 1.62 bits per heavy atom. The summed E-state index contributed by atoms with van der Waals surface area (Å²) in [6.45, 7) is -0.160. The Bertz CT molecular complexity index is 1110. The highest BCUT2D eigenvalue weighted by Gasteiger charge is 2.31. The Morgan fingerprint density at radius 1 is 0.966 bits per heavy atom. The van der Waals surface area contributed by atoms with E-state index in [0.717, 1.165) is 4.31 Å². The average molecular weight is 413 g/mol. The number of para-hydroxylation sites is 1. The van der Waals surface area contributed by atoms with Gasteiger partial charge in [0.05, 0.1) is 24.1 Å². The van der Waals surface area contributed by atoms with Gasteiger partial charge in [0, 0.05) is 0 Å². The molecule has 0 saturated heterocycles.